The lowest BCUT2D eigenvalue weighted by atomic mass is 9.77. The summed E-state index contributed by atoms with van der Waals surface area (Å²) in [6, 6.07) is 15.1. The Kier molecular flexibility index (Phi) is 6.21. The third-order valence-electron chi connectivity index (χ3n) is 6.49. The van der Waals surface area contributed by atoms with Crippen molar-refractivity contribution in [1.29, 1.82) is 0 Å². The molecule has 4 rings (SSSR count). The van der Waals surface area contributed by atoms with E-state index in [0.717, 1.165) is 22.9 Å². The molecule has 4 heteroatoms. The largest absolute Gasteiger partial charge is 0.496 e. The molecule has 0 spiro atoms. The van der Waals surface area contributed by atoms with Crippen LogP contribution < -0.4 is 10.1 Å². The number of ether oxygens (including phenoxy) is 1. The summed E-state index contributed by atoms with van der Waals surface area (Å²) in [7, 11) is 0. The zero-order valence-corrected chi connectivity index (χ0v) is 18.4. The Balaban J connectivity index is 1.50. The van der Waals surface area contributed by atoms with Crippen molar-refractivity contribution < 1.29 is 14.1 Å². The minimum atomic E-state index is -0.121. The van der Waals surface area contributed by atoms with Crippen molar-refractivity contribution in [2.24, 2.45) is 5.92 Å². The Morgan fingerprint density at radius 1 is 1.07 bits per heavy atom. The van der Waals surface area contributed by atoms with Crippen molar-refractivity contribution in [2.75, 3.05) is 6.61 Å². The number of nitrogens with one attached hydrogen (secondary N) is 1. The Morgan fingerprint density at radius 2 is 1.77 bits per heavy atom. The molecule has 0 radical (unpaired) electrons. The average molecular weight is 406 g/mol. The number of carbonyl (C=O) groups excluding carboxylic acids is 1. The maximum absolute atomic E-state index is 12.5. The molecule has 0 atom stereocenters. The number of carbonyl (C=O) groups is 1. The van der Waals surface area contributed by atoms with E-state index in [2.05, 4.69) is 42.6 Å². The molecule has 0 unspecified atom stereocenters. The van der Waals surface area contributed by atoms with Gasteiger partial charge in [-0.3, -0.25) is 0 Å². The Hall–Kier alpha value is -2.62. The Bertz CT molecular complexity index is 923. The lowest BCUT2D eigenvalue weighted by Crippen LogP contribution is -2.37. The van der Waals surface area contributed by atoms with E-state index in [-0.39, 0.29) is 12.1 Å². The predicted octanol–water partition coefficient (Wildman–Crippen LogP) is 6.26. The second kappa shape index (κ2) is 9.03. The number of amides is 2. The minimum absolute atomic E-state index is 0.0898. The molecule has 30 heavy (non-hydrogen) atoms. The molecule has 158 valence electrons. The van der Waals surface area contributed by atoms with Crippen molar-refractivity contribution in [3.05, 3.63) is 48.0 Å². The van der Waals surface area contributed by atoms with Gasteiger partial charge in [0.1, 0.15) is 12.8 Å². The summed E-state index contributed by atoms with van der Waals surface area (Å²) in [5, 5.41) is 2.94. The maximum atomic E-state index is 12.5. The number of nitrogens with zero attached hydrogens (tertiary/aromatic N) is 1. The number of urea groups is 1. The quantitative estimate of drug-likeness (QED) is 0.610. The van der Waals surface area contributed by atoms with Gasteiger partial charge in [0, 0.05) is 0 Å². The van der Waals surface area contributed by atoms with Gasteiger partial charge >= 0.3 is 6.03 Å². The topological polar surface area (TPSA) is 41.3 Å². The minimum Gasteiger partial charge on any atom is -0.481 e. The van der Waals surface area contributed by atoms with E-state index in [1.165, 1.54) is 43.2 Å². The summed E-state index contributed by atoms with van der Waals surface area (Å²) in [5.74, 6) is 2.38. The molecule has 2 amide bonds. The molecule has 4 nitrogen and oxygen atoms in total. The summed E-state index contributed by atoms with van der Waals surface area (Å²) >= 11 is 0. The first-order valence-corrected chi connectivity index (χ1v) is 11.4. The fourth-order valence-electron chi connectivity index (χ4n) is 4.67. The molecule has 1 N–H and O–H groups in total. The van der Waals surface area contributed by atoms with Crippen LogP contribution in [0.4, 0.5) is 10.5 Å². The van der Waals surface area contributed by atoms with Crippen LogP contribution in [0.15, 0.2) is 42.5 Å². The first-order chi connectivity index (χ1) is 14.5. The Morgan fingerprint density at radius 3 is 2.43 bits per heavy atom. The molecule has 0 bridgehead atoms. The van der Waals surface area contributed by atoms with Gasteiger partial charge in [-0.05, 0) is 86.3 Å². The molecule has 2 aromatic rings. The van der Waals surface area contributed by atoms with Gasteiger partial charge in [0.15, 0.2) is 11.4 Å². The summed E-state index contributed by atoms with van der Waals surface area (Å²) in [5.41, 5.74) is 4.54. The summed E-state index contributed by atoms with van der Waals surface area (Å²) in [6.07, 6.45) is 8.46. The van der Waals surface area contributed by atoms with Gasteiger partial charge in [0.2, 0.25) is 0 Å². The molecule has 2 aromatic carbocycles. The van der Waals surface area contributed by atoms with Crippen molar-refractivity contribution in [1.82, 2.24) is 5.32 Å². The second-order valence-corrected chi connectivity index (χ2v) is 8.90. The standard InChI is InChI=1S/C26H32N2O2/c1-4-19-5-7-20(8-6-19)21-9-11-22(12-10-21)23-13-14-24-25(17-23)30-16-15-28(24)26(29)27-18(2)3/h9-15,17-20H,4-8,16H2,1-3H3/p+1. The van der Waals surface area contributed by atoms with Crippen LogP contribution in [0.5, 0.6) is 5.75 Å². The SMILES string of the molecule is CCC1CCC(c2ccc(-c3ccc4c(c3)OCC=[N+]4C(=O)NC(C)C)cc2)CC1. The van der Waals surface area contributed by atoms with Gasteiger partial charge in [-0.15, -0.1) is 0 Å². The van der Waals surface area contributed by atoms with Crippen molar-refractivity contribution in [3.63, 3.8) is 0 Å². The van der Waals surface area contributed by atoms with Crippen LogP contribution in [-0.2, 0) is 0 Å². The van der Waals surface area contributed by atoms with E-state index in [1.807, 2.05) is 26.0 Å². The third-order valence-corrected chi connectivity index (χ3v) is 6.49. The first kappa shape index (κ1) is 20.6. The van der Waals surface area contributed by atoms with Gasteiger partial charge in [-0.1, -0.05) is 37.6 Å². The van der Waals surface area contributed by atoms with Crippen molar-refractivity contribution in [3.8, 4) is 16.9 Å². The Labute approximate surface area is 180 Å². The zero-order chi connectivity index (χ0) is 21.1. The van der Waals surface area contributed by atoms with Gasteiger partial charge in [-0.25, -0.2) is 5.32 Å². The van der Waals surface area contributed by atoms with E-state index < -0.39 is 0 Å². The first-order valence-electron chi connectivity index (χ1n) is 11.4. The van der Waals surface area contributed by atoms with Gasteiger partial charge in [0.05, 0.1) is 6.04 Å². The van der Waals surface area contributed by atoms with Crippen molar-refractivity contribution in [2.45, 2.75) is 64.8 Å². The van der Waals surface area contributed by atoms with E-state index in [4.69, 9.17) is 4.74 Å². The highest BCUT2D eigenvalue weighted by molar-refractivity contribution is 5.79. The molecule has 1 saturated carbocycles. The summed E-state index contributed by atoms with van der Waals surface area (Å²) in [4.78, 5) is 12.5. The molecule has 1 heterocycles. The normalized spacial score (nSPS) is 20.9. The predicted molar refractivity (Wildman–Crippen MR) is 122 cm³/mol. The zero-order valence-electron chi connectivity index (χ0n) is 18.4. The highest BCUT2D eigenvalue weighted by atomic mass is 16.5. The monoisotopic (exact) mass is 405 g/mol. The van der Waals surface area contributed by atoms with E-state index in [9.17, 15) is 4.79 Å². The molecule has 2 aliphatic rings. The lowest BCUT2D eigenvalue weighted by molar-refractivity contribution is -0.335. The number of hydrogen-bond donors (Lipinski definition) is 1. The van der Waals surface area contributed by atoms with Crippen LogP contribution in [0.25, 0.3) is 11.1 Å². The van der Waals surface area contributed by atoms with Crippen LogP contribution in [0.2, 0.25) is 0 Å². The number of rotatable bonds is 4. The smallest absolute Gasteiger partial charge is 0.481 e. The molecule has 1 aliphatic carbocycles. The molecule has 0 saturated heterocycles. The molecule has 1 fully saturated rings. The summed E-state index contributed by atoms with van der Waals surface area (Å²) < 4.78 is 7.48. The fourth-order valence-corrected chi connectivity index (χ4v) is 4.67. The fraction of sp³-hybridized carbons (Fsp3) is 0.462. The van der Waals surface area contributed by atoms with Crippen LogP contribution >= 0.6 is 0 Å². The van der Waals surface area contributed by atoms with Gasteiger partial charge in [-0.2, -0.15) is 9.37 Å². The van der Waals surface area contributed by atoms with E-state index in [0.29, 0.717) is 12.5 Å². The van der Waals surface area contributed by atoms with Crippen LogP contribution in [0.1, 0.15) is 64.4 Å². The van der Waals surface area contributed by atoms with Gasteiger partial charge < -0.3 is 4.74 Å². The van der Waals surface area contributed by atoms with Crippen LogP contribution in [0, 0.1) is 5.92 Å². The third kappa shape index (κ3) is 4.43. The van der Waals surface area contributed by atoms with Crippen LogP contribution in [-0.4, -0.2) is 29.5 Å². The number of hydrogen-bond acceptors (Lipinski definition) is 2. The average Bonchev–Trinajstić information content (AvgIpc) is 2.78. The van der Waals surface area contributed by atoms with E-state index >= 15 is 0 Å². The number of fused-ring (bicyclic) bond motifs is 1. The highest BCUT2D eigenvalue weighted by Crippen LogP contribution is 2.38. The maximum Gasteiger partial charge on any atom is 0.496 e. The lowest BCUT2D eigenvalue weighted by Gasteiger charge is -2.28. The molecular weight excluding hydrogens is 372 g/mol. The van der Waals surface area contributed by atoms with Crippen molar-refractivity contribution >= 4 is 17.9 Å². The summed E-state index contributed by atoms with van der Waals surface area (Å²) in [6.45, 7) is 6.63. The molecular formula is C26H33N2O2+. The molecule has 0 aromatic heterocycles. The van der Waals surface area contributed by atoms with Crippen LogP contribution in [0.3, 0.4) is 0 Å². The second-order valence-electron chi connectivity index (χ2n) is 8.90. The van der Waals surface area contributed by atoms with Gasteiger partial charge in [0.25, 0.3) is 0 Å². The highest BCUT2D eigenvalue weighted by Gasteiger charge is 2.26. The number of benzene rings is 2. The van der Waals surface area contributed by atoms with E-state index in [1.54, 1.807) is 10.8 Å². The molecule has 1 aliphatic heterocycles.